The number of halogens is 1. The van der Waals surface area contributed by atoms with Crippen LogP contribution in [-0.4, -0.2) is 40.0 Å². The van der Waals surface area contributed by atoms with Crippen molar-refractivity contribution < 1.29 is 19.0 Å². The van der Waals surface area contributed by atoms with E-state index in [4.69, 9.17) is 9.47 Å². The molecule has 7 nitrogen and oxygen atoms in total. The minimum atomic E-state index is -0.849. The lowest BCUT2D eigenvalue weighted by molar-refractivity contribution is 0.155. The zero-order valence-electron chi connectivity index (χ0n) is 17.7. The minimum absolute atomic E-state index is 0.143. The van der Waals surface area contributed by atoms with Crippen LogP contribution >= 0.6 is 0 Å². The Bertz CT molecular complexity index is 1060. The number of anilines is 1. The molecule has 8 heteroatoms. The summed E-state index contributed by atoms with van der Waals surface area (Å²) >= 11 is 0. The van der Waals surface area contributed by atoms with Gasteiger partial charge in [-0.1, -0.05) is 12.1 Å². The molecule has 1 aromatic carbocycles. The SMILES string of the molecule is COc1cncc(NC(O)[C@@H]2C[C@@]2(COc2cnc(C)nc2C)c2ccc(F)cc2)c1. The third-order valence-electron chi connectivity index (χ3n) is 5.74. The first-order chi connectivity index (χ1) is 14.9. The smallest absolute Gasteiger partial charge is 0.158 e. The second kappa shape index (κ2) is 8.47. The van der Waals surface area contributed by atoms with Gasteiger partial charge in [0.25, 0.3) is 0 Å². The van der Waals surface area contributed by atoms with Gasteiger partial charge in [0.2, 0.25) is 0 Å². The van der Waals surface area contributed by atoms with E-state index in [1.165, 1.54) is 12.1 Å². The average Bonchev–Trinajstić information content (AvgIpc) is 3.50. The maximum absolute atomic E-state index is 13.5. The predicted molar refractivity (Wildman–Crippen MR) is 114 cm³/mol. The fourth-order valence-electron chi connectivity index (χ4n) is 3.91. The van der Waals surface area contributed by atoms with Crippen molar-refractivity contribution in [3.63, 3.8) is 0 Å². The summed E-state index contributed by atoms with van der Waals surface area (Å²) in [6, 6.07) is 8.12. The third-order valence-corrected chi connectivity index (χ3v) is 5.74. The van der Waals surface area contributed by atoms with Gasteiger partial charge in [0.1, 0.15) is 23.6 Å². The highest BCUT2D eigenvalue weighted by Gasteiger charge is 2.59. The van der Waals surface area contributed by atoms with Gasteiger partial charge in [-0.25, -0.2) is 14.4 Å². The summed E-state index contributed by atoms with van der Waals surface area (Å²) in [5.41, 5.74) is 1.84. The Labute approximate surface area is 180 Å². The quantitative estimate of drug-likeness (QED) is 0.536. The van der Waals surface area contributed by atoms with E-state index in [2.05, 4.69) is 20.3 Å². The Morgan fingerprint density at radius 3 is 2.71 bits per heavy atom. The van der Waals surface area contributed by atoms with Gasteiger partial charge in [-0.3, -0.25) is 4.98 Å². The summed E-state index contributed by atoms with van der Waals surface area (Å²) in [4.78, 5) is 12.7. The molecule has 1 saturated carbocycles. The first-order valence-electron chi connectivity index (χ1n) is 10.0. The van der Waals surface area contributed by atoms with Gasteiger partial charge in [0.15, 0.2) is 5.75 Å². The molecule has 31 heavy (non-hydrogen) atoms. The van der Waals surface area contributed by atoms with E-state index in [-0.39, 0.29) is 11.7 Å². The van der Waals surface area contributed by atoms with Crippen molar-refractivity contribution in [3.8, 4) is 11.5 Å². The molecule has 0 radical (unpaired) electrons. The number of nitrogens with one attached hydrogen (secondary N) is 1. The molecule has 2 N–H and O–H groups in total. The Balaban J connectivity index is 1.54. The van der Waals surface area contributed by atoms with E-state index < -0.39 is 11.6 Å². The molecule has 0 bridgehead atoms. The van der Waals surface area contributed by atoms with Crippen molar-refractivity contribution in [2.24, 2.45) is 5.92 Å². The zero-order chi connectivity index (χ0) is 22.0. The summed E-state index contributed by atoms with van der Waals surface area (Å²) in [6.07, 6.45) is 4.70. The first-order valence-corrected chi connectivity index (χ1v) is 10.0. The topological polar surface area (TPSA) is 89.4 Å². The van der Waals surface area contributed by atoms with Crippen LogP contribution in [0, 0.1) is 25.6 Å². The van der Waals surface area contributed by atoms with Crippen LogP contribution in [0.5, 0.6) is 11.5 Å². The largest absolute Gasteiger partial charge is 0.495 e. The van der Waals surface area contributed by atoms with E-state index >= 15 is 0 Å². The Morgan fingerprint density at radius 1 is 1.23 bits per heavy atom. The van der Waals surface area contributed by atoms with Crippen LogP contribution in [0.3, 0.4) is 0 Å². The number of aliphatic hydroxyl groups is 1. The number of methoxy groups -OCH3 is 1. The second-order valence-electron chi connectivity index (χ2n) is 7.83. The van der Waals surface area contributed by atoms with Gasteiger partial charge in [-0.2, -0.15) is 0 Å². The van der Waals surface area contributed by atoms with Gasteiger partial charge in [-0.15, -0.1) is 0 Å². The molecule has 0 amide bonds. The van der Waals surface area contributed by atoms with Crippen molar-refractivity contribution >= 4 is 5.69 Å². The number of rotatable bonds is 8. The predicted octanol–water partition coefficient (Wildman–Crippen LogP) is 3.40. The Hall–Kier alpha value is -3.26. The van der Waals surface area contributed by atoms with Crippen LogP contribution < -0.4 is 14.8 Å². The van der Waals surface area contributed by atoms with E-state index in [0.717, 1.165) is 11.3 Å². The molecule has 1 fully saturated rings. The number of hydrogen-bond acceptors (Lipinski definition) is 7. The lowest BCUT2D eigenvalue weighted by atomic mass is 9.93. The maximum atomic E-state index is 13.5. The van der Waals surface area contributed by atoms with E-state index in [0.29, 0.717) is 36.0 Å². The average molecular weight is 424 g/mol. The molecule has 162 valence electrons. The van der Waals surface area contributed by atoms with E-state index in [1.54, 1.807) is 43.9 Å². The molecule has 3 aromatic rings. The molecule has 0 saturated heterocycles. The normalized spacial score (nSPS) is 20.7. The van der Waals surface area contributed by atoms with Crippen molar-refractivity contribution in [3.05, 3.63) is 71.8 Å². The number of aliphatic hydroxyl groups excluding tert-OH is 1. The van der Waals surface area contributed by atoms with Crippen LogP contribution in [0.2, 0.25) is 0 Å². The number of ether oxygens (including phenoxy) is 2. The monoisotopic (exact) mass is 424 g/mol. The van der Waals surface area contributed by atoms with Gasteiger partial charge in [-0.05, 0) is 38.0 Å². The summed E-state index contributed by atoms with van der Waals surface area (Å²) in [6.45, 7) is 4.00. The molecule has 0 spiro atoms. The highest BCUT2D eigenvalue weighted by molar-refractivity contribution is 5.47. The van der Waals surface area contributed by atoms with Crippen molar-refractivity contribution in [2.75, 3.05) is 19.0 Å². The third kappa shape index (κ3) is 4.44. The number of nitrogens with zero attached hydrogens (tertiary/aromatic N) is 3. The molecule has 2 aromatic heterocycles. The molecule has 4 rings (SSSR count). The fraction of sp³-hybridized carbons (Fsp3) is 0.348. The summed E-state index contributed by atoms with van der Waals surface area (Å²) in [5.74, 6) is 1.42. The molecule has 3 atom stereocenters. The lowest BCUT2D eigenvalue weighted by Gasteiger charge is -2.23. The molecule has 0 aliphatic heterocycles. The highest BCUT2D eigenvalue weighted by Crippen LogP contribution is 2.56. The van der Waals surface area contributed by atoms with E-state index in [9.17, 15) is 9.50 Å². The van der Waals surface area contributed by atoms with Crippen LogP contribution in [0.1, 0.15) is 23.5 Å². The van der Waals surface area contributed by atoms with Gasteiger partial charge in [0, 0.05) is 17.4 Å². The summed E-state index contributed by atoms with van der Waals surface area (Å²) < 4.78 is 24.8. The number of aromatic nitrogens is 3. The van der Waals surface area contributed by atoms with Crippen molar-refractivity contribution in [1.29, 1.82) is 0 Å². The minimum Gasteiger partial charge on any atom is -0.495 e. The van der Waals surface area contributed by atoms with E-state index in [1.807, 2.05) is 13.8 Å². The Kier molecular flexibility index (Phi) is 5.73. The van der Waals surface area contributed by atoms with Crippen LogP contribution in [0.15, 0.2) is 48.9 Å². The van der Waals surface area contributed by atoms with Gasteiger partial charge < -0.3 is 19.9 Å². The molecule has 1 aliphatic rings. The molecule has 1 aliphatic carbocycles. The first kappa shape index (κ1) is 21.0. The zero-order valence-corrected chi connectivity index (χ0v) is 17.7. The molecular formula is C23H25FN4O3. The maximum Gasteiger partial charge on any atom is 0.158 e. The molecule has 2 heterocycles. The standard InChI is InChI=1S/C23H25FN4O3/c1-14-21(12-26-15(2)27-14)31-13-23(16-4-6-17(24)7-5-16)9-20(23)22(29)28-18-8-19(30-3)11-25-10-18/h4-8,10-12,20,22,28-29H,9,13H2,1-3H3/t20-,22?,23+/m0/s1. The van der Waals surface area contributed by atoms with Crippen molar-refractivity contribution in [1.82, 2.24) is 15.0 Å². The van der Waals surface area contributed by atoms with Crippen molar-refractivity contribution in [2.45, 2.75) is 31.9 Å². The lowest BCUT2D eigenvalue weighted by Crippen LogP contribution is -2.30. The Morgan fingerprint density at radius 2 is 2.00 bits per heavy atom. The van der Waals surface area contributed by atoms with Gasteiger partial charge in [0.05, 0.1) is 43.7 Å². The second-order valence-corrected chi connectivity index (χ2v) is 7.83. The van der Waals surface area contributed by atoms with Crippen LogP contribution in [0.4, 0.5) is 10.1 Å². The number of pyridine rings is 1. The fourth-order valence-corrected chi connectivity index (χ4v) is 3.91. The number of aryl methyl sites for hydroxylation is 2. The van der Waals surface area contributed by atoms with Gasteiger partial charge >= 0.3 is 0 Å². The van der Waals surface area contributed by atoms with Crippen LogP contribution in [-0.2, 0) is 5.41 Å². The van der Waals surface area contributed by atoms with Crippen LogP contribution in [0.25, 0.3) is 0 Å². The summed E-state index contributed by atoms with van der Waals surface area (Å²) in [5, 5.41) is 14.0. The summed E-state index contributed by atoms with van der Waals surface area (Å²) in [7, 11) is 1.56. The molecular weight excluding hydrogens is 399 g/mol. The molecule has 1 unspecified atom stereocenters. The number of hydrogen-bond donors (Lipinski definition) is 2. The highest BCUT2D eigenvalue weighted by atomic mass is 19.1. The number of benzene rings is 1.